The molecule has 2 heterocycles. The number of carbonyl (C=O) groups excluding carboxylic acids is 2. The molecular weight excluding hydrogens is 308 g/mol. The highest BCUT2D eigenvalue weighted by molar-refractivity contribution is 7.99. The van der Waals surface area contributed by atoms with Gasteiger partial charge in [0.2, 0.25) is 0 Å². The van der Waals surface area contributed by atoms with Crippen LogP contribution in [-0.2, 0) is 13.1 Å². The molecule has 116 valence electrons. The van der Waals surface area contributed by atoms with Crippen LogP contribution in [0.1, 0.15) is 31.8 Å². The maximum atomic E-state index is 12.3. The number of nitrogens with one attached hydrogen (secondary N) is 1. The van der Waals surface area contributed by atoms with Crippen LogP contribution in [0.5, 0.6) is 0 Å². The van der Waals surface area contributed by atoms with Gasteiger partial charge in [0.1, 0.15) is 0 Å². The number of carbonyl (C=O) groups is 2. The summed E-state index contributed by atoms with van der Waals surface area (Å²) in [5.74, 6) is 0.353. The molecule has 0 bridgehead atoms. The highest BCUT2D eigenvalue weighted by atomic mass is 32.2. The number of hydrogen-bond acceptors (Lipinski definition) is 4. The topological polar surface area (TPSA) is 49.4 Å². The molecule has 2 aliphatic heterocycles. The van der Waals surface area contributed by atoms with Gasteiger partial charge in [-0.25, -0.2) is 0 Å². The normalized spacial score (nSPS) is 15.9. The maximum Gasteiger partial charge on any atom is 0.261 e. The van der Waals surface area contributed by atoms with E-state index < -0.39 is 0 Å². The van der Waals surface area contributed by atoms with Gasteiger partial charge in [-0.1, -0.05) is 18.2 Å². The lowest BCUT2D eigenvalue weighted by molar-refractivity contribution is 0.0664. The molecule has 4 nitrogen and oxygen atoms in total. The summed E-state index contributed by atoms with van der Waals surface area (Å²) in [6.45, 7) is 2.30. The second-order valence-electron chi connectivity index (χ2n) is 5.69. The minimum Gasteiger partial charge on any atom is -0.309 e. The van der Waals surface area contributed by atoms with Gasteiger partial charge in [0.05, 0.1) is 11.1 Å². The number of nitrogens with zero attached hydrogens (tertiary/aromatic N) is 1. The number of imide groups is 1. The predicted molar refractivity (Wildman–Crippen MR) is 89.5 cm³/mol. The highest BCUT2D eigenvalue weighted by Gasteiger charge is 2.34. The zero-order valence-corrected chi connectivity index (χ0v) is 13.4. The number of thioether (sulfide) groups is 1. The SMILES string of the molecule is O=C1c2ccccc2C(=O)N1CCSc1ccc2c(c1)CNC2. The lowest BCUT2D eigenvalue weighted by atomic mass is 10.1. The maximum absolute atomic E-state index is 12.3. The summed E-state index contributed by atoms with van der Waals surface area (Å²) in [4.78, 5) is 27.1. The lowest BCUT2D eigenvalue weighted by Gasteiger charge is -2.13. The molecule has 0 aromatic heterocycles. The van der Waals surface area contributed by atoms with E-state index in [2.05, 4.69) is 23.5 Å². The molecule has 2 aromatic carbocycles. The Morgan fingerprint density at radius 1 is 0.957 bits per heavy atom. The second-order valence-corrected chi connectivity index (χ2v) is 6.86. The van der Waals surface area contributed by atoms with Crippen LogP contribution in [0.2, 0.25) is 0 Å². The van der Waals surface area contributed by atoms with Gasteiger partial charge < -0.3 is 5.32 Å². The summed E-state index contributed by atoms with van der Waals surface area (Å²) < 4.78 is 0. The Balaban J connectivity index is 1.41. The first-order chi connectivity index (χ1) is 11.2. The van der Waals surface area contributed by atoms with Crippen molar-refractivity contribution in [1.29, 1.82) is 0 Å². The van der Waals surface area contributed by atoms with E-state index in [1.54, 1.807) is 36.0 Å². The van der Waals surface area contributed by atoms with E-state index in [-0.39, 0.29) is 11.8 Å². The van der Waals surface area contributed by atoms with E-state index in [1.807, 2.05) is 0 Å². The van der Waals surface area contributed by atoms with Crippen LogP contribution in [0.25, 0.3) is 0 Å². The lowest BCUT2D eigenvalue weighted by Crippen LogP contribution is -2.31. The van der Waals surface area contributed by atoms with Crippen LogP contribution in [-0.4, -0.2) is 29.0 Å². The quantitative estimate of drug-likeness (QED) is 0.694. The minimum atomic E-state index is -0.177. The molecule has 2 amide bonds. The molecule has 23 heavy (non-hydrogen) atoms. The van der Waals surface area contributed by atoms with Gasteiger partial charge in [0.15, 0.2) is 0 Å². The molecule has 0 unspecified atom stereocenters. The molecular formula is C18H16N2O2S. The third-order valence-corrected chi connectivity index (χ3v) is 5.24. The molecule has 0 aliphatic carbocycles. The molecule has 2 aromatic rings. The largest absolute Gasteiger partial charge is 0.309 e. The third-order valence-electron chi connectivity index (χ3n) is 4.27. The van der Waals surface area contributed by atoms with Crippen LogP contribution in [0.4, 0.5) is 0 Å². The molecule has 2 aliphatic rings. The van der Waals surface area contributed by atoms with Gasteiger partial charge in [-0.15, -0.1) is 11.8 Å². The van der Waals surface area contributed by atoms with Crippen molar-refractivity contribution in [3.63, 3.8) is 0 Å². The first-order valence-electron chi connectivity index (χ1n) is 7.64. The van der Waals surface area contributed by atoms with Crippen molar-refractivity contribution in [2.75, 3.05) is 12.3 Å². The van der Waals surface area contributed by atoms with E-state index in [9.17, 15) is 9.59 Å². The Bertz CT molecular complexity index is 768. The Hall–Kier alpha value is -2.11. The summed E-state index contributed by atoms with van der Waals surface area (Å²) in [5, 5.41) is 3.33. The number of hydrogen-bond donors (Lipinski definition) is 1. The van der Waals surface area contributed by atoms with Crippen LogP contribution in [0.15, 0.2) is 47.4 Å². The van der Waals surface area contributed by atoms with Crippen molar-refractivity contribution in [3.05, 3.63) is 64.7 Å². The van der Waals surface area contributed by atoms with Gasteiger partial charge in [-0.3, -0.25) is 14.5 Å². The molecule has 4 rings (SSSR count). The van der Waals surface area contributed by atoms with Crippen LogP contribution in [0.3, 0.4) is 0 Å². The molecule has 0 saturated heterocycles. The first kappa shape index (κ1) is 14.5. The van der Waals surface area contributed by atoms with Crippen molar-refractivity contribution in [3.8, 4) is 0 Å². The Morgan fingerprint density at radius 2 is 1.65 bits per heavy atom. The van der Waals surface area contributed by atoms with Gasteiger partial charge >= 0.3 is 0 Å². The fourth-order valence-corrected chi connectivity index (χ4v) is 3.96. The van der Waals surface area contributed by atoms with Crippen molar-refractivity contribution in [2.24, 2.45) is 0 Å². The van der Waals surface area contributed by atoms with E-state index in [1.165, 1.54) is 20.9 Å². The fraction of sp³-hybridized carbons (Fsp3) is 0.222. The Labute approximate surface area is 138 Å². The number of benzene rings is 2. The average Bonchev–Trinajstić information content (AvgIpc) is 3.13. The second kappa shape index (κ2) is 5.83. The highest BCUT2D eigenvalue weighted by Crippen LogP contribution is 2.26. The molecule has 0 spiro atoms. The van der Waals surface area contributed by atoms with E-state index in [0.717, 1.165) is 13.1 Å². The summed E-state index contributed by atoms with van der Waals surface area (Å²) in [5.41, 5.74) is 3.74. The van der Waals surface area contributed by atoms with Crippen LogP contribution in [0, 0.1) is 0 Å². The average molecular weight is 324 g/mol. The van der Waals surface area contributed by atoms with Crippen LogP contribution >= 0.6 is 11.8 Å². The van der Waals surface area contributed by atoms with Crippen molar-refractivity contribution in [1.82, 2.24) is 10.2 Å². The number of amides is 2. The first-order valence-corrected chi connectivity index (χ1v) is 8.63. The van der Waals surface area contributed by atoms with Crippen LogP contribution < -0.4 is 5.32 Å². The zero-order chi connectivity index (χ0) is 15.8. The van der Waals surface area contributed by atoms with E-state index in [0.29, 0.717) is 23.4 Å². The summed E-state index contributed by atoms with van der Waals surface area (Å²) in [6.07, 6.45) is 0. The minimum absolute atomic E-state index is 0.177. The standard InChI is InChI=1S/C18H16N2O2S/c21-17-15-3-1-2-4-16(15)18(22)20(17)7-8-23-14-6-5-12-10-19-11-13(12)9-14/h1-6,9,19H,7-8,10-11H2. The summed E-state index contributed by atoms with van der Waals surface area (Å²) in [6, 6.07) is 13.5. The van der Waals surface area contributed by atoms with Crippen molar-refractivity contribution < 1.29 is 9.59 Å². The molecule has 1 N–H and O–H groups in total. The molecule has 0 atom stereocenters. The third kappa shape index (κ3) is 2.56. The van der Waals surface area contributed by atoms with Crippen molar-refractivity contribution >= 4 is 23.6 Å². The summed E-state index contributed by atoms with van der Waals surface area (Å²) >= 11 is 1.68. The zero-order valence-electron chi connectivity index (χ0n) is 12.5. The number of rotatable bonds is 4. The van der Waals surface area contributed by atoms with Gasteiger partial charge in [0, 0.05) is 30.3 Å². The predicted octanol–water partition coefficient (Wildman–Crippen LogP) is 2.68. The van der Waals surface area contributed by atoms with Gasteiger partial charge in [0.25, 0.3) is 11.8 Å². The molecule has 0 fully saturated rings. The molecule has 0 radical (unpaired) electrons. The monoisotopic (exact) mass is 324 g/mol. The molecule has 5 heteroatoms. The fourth-order valence-electron chi connectivity index (χ4n) is 3.06. The Morgan fingerprint density at radius 3 is 2.39 bits per heavy atom. The number of fused-ring (bicyclic) bond motifs is 2. The molecule has 0 saturated carbocycles. The van der Waals surface area contributed by atoms with Gasteiger partial charge in [-0.05, 0) is 35.4 Å². The Kier molecular flexibility index (Phi) is 3.67. The van der Waals surface area contributed by atoms with E-state index >= 15 is 0 Å². The summed E-state index contributed by atoms with van der Waals surface area (Å²) in [7, 11) is 0. The smallest absolute Gasteiger partial charge is 0.261 e. The van der Waals surface area contributed by atoms with Gasteiger partial charge in [-0.2, -0.15) is 0 Å². The van der Waals surface area contributed by atoms with Crippen molar-refractivity contribution in [2.45, 2.75) is 18.0 Å². The van der Waals surface area contributed by atoms with E-state index in [4.69, 9.17) is 0 Å².